The van der Waals surface area contributed by atoms with E-state index in [2.05, 4.69) is 25.9 Å². The molecule has 19 nitrogen and oxygen atoms in total. The van der Waals surface area contributed by atoms with E-state index in [0.717, 1.165) is 22.8 Å². The van der Waals surface area contributed by atoms with Crippen molar-refractivity contribution in [2.24, 2.45) is 5.92 Å². The summed E-state index contributed by atoms with van der Waals surface area (Å²) in [6, 6.07) is 9.58. The van der Waals surface area contributed by atoms with Gasteiger partial charge in [0.15, 0.2) is 5.82 Å². The van der Waals surface area contributed by atoms with Crippen molar-refractivity contribution in [1.29, 1.82) is 0 Å². The molecule has 4 aliphatic carbocycles. The van der Waals surface area contributed by atoms with Crippen LogP contribution in [0.2, 0.25) is 0 Å². The predicted octanol–water partition coefficient (Wildman–Crippen LogP) is 10.0. The summed E-state index contributed by atoms with van der Waals surface area (Å²) in [5, 5.41) is 35.6. The van der Waals surface area contributed by atoms with E-state index in [4.69, 9.17) is 49.6 Å². The number of ether oxygens (including phenoxy) is 2. The van der Waals surface area contributed by atoms with Gasteiger partial charge in [-0.05, 0) is 112 Å². The Morgan fingerprint density at radius 2 is 1.19 bits per heavy atom. The van der Waals surface area contributed by atoms with Crippen LogP contribution >= 0.6 is 0 Å². The second-order valence-corrected chi connectivity index (χ2v) is 23.5. The Bertz CT molecular complexity index is 3210. The highest BCUT2D eigenvalue weighted by Crippen LogP contribution is 2.52. The van der Waals surface area contributed by atoms with Gasteiger partial charge < -0.3 is 35.4 Å². The molecular formula is C55H70F6N16O3. The van der Waals surface area contributed by atoms with Crippen molar-refractivity contribution in [2.75, 3.05) is 34.0 Å². The van der Waals surface area contributed by atoms with Crippen LogP contribution in [-0.2, 0) is 4.74 Å². The van der Waals surface area contributed by atoms with Gasteiger partial charge in [0.25, 0.3) is 11.9 Å². The second kappa shape index (κ2) is 21.0. The number of hydrogen-bond acceptors (Lipinski definition) is 16. The number of nitrogens with one attached hydrogen (secondary N) is 3. The molecule has 0 spiro atoms. The molecule has 5 aliphatic rings. The average molecular weight is 1120 g/mol. The van der Waals surface area contributed by atoms with Crippen LogP contribution in [0.1, 0.15) is 150 Å². The lowest BCUT2D eigenvalue weighted by molar-refractivity contribution is -0.103. The molecule has 1 saturated heterocycles. The van der Waals surface area contributed by atoms with E-state index in [1.54, 1.807) is 40.0 Å². The molecule has 1 aliphatic heterocycles. The number of rotatable bonds is 16. The lowest BCUT2D eigenvalue weighted by Gasteiger charge is -2.44. The highest BCUT2D eigenvalue weighted by atomic mass is 19.3. The first-order chi connectivity index (χ1) is 37.8. The van der Waals surface area contributed by atoms with Gasteiger partial charge in [0.2, 0.25) is 29.6 Å². The molecular weight excluding hydrogens is 1050 g/mol. The van der Waals surface area contributed by atoms with Crippen LogP contribution in [0.25, 0.3) is 17.7 Å². The molecule has 6 aromatic rings. The van der Waals surface area contributed by atoms with E-state index in [-0.39, 0.29) is 126 Å². The molecule has 430 valence electrons. The van der Waals surface area contributed by atoms with Gasteiger partial charge in [0.05, 0.1) is 46.7 Å². The summed E-state index contributed by atoms with van der Waals surface area (Å²) in [4.78, 5) is 31.8. The molecule has 7 heterocycles. The summed E-state index contributed by atoms with van der Waals surface area (Å²) in [5.41, 5.74) is 3.57. The fraction of sp³-hybridized carbons (Fsp3) is 0.618. The zero-order chi connectivity index (χ0) is 56.6. The topological polar surface area (TPSA) is 209 Å². The van der Waals surface area contributed by atoms with E-state index in [1.165, 1.54) is 0 Å². The minimum absolute atomic E-state index is 0.0756. The summed E-state index contributed by atoms with van der Waals surface area (Å²) in [6.45, 7) is 15.0. The lowest BCUT2D eigenvalue weighted by atomic mass is 9.92. The van der Waals surface area contributed by atoms with Crippen LogP contribution in [0.15, 0.2) is 36.4 Å². The van der Waals surface area contributed by atoms with Gasteiger partial charge in [-0.25, -0.2) is 45.7 Å². The number of morpholine rings is 1. The first-order valence-electron chi connectivity index (χ1n) is 27.8. The molecule has 0 aromatic carbocycles. The van der Waals surface area contributed by atoms with Gasteiger partial charge in [0.1, 0.15) is 29.7 Å². The van der Waals surface area contributed by atoms with Crippen molar-refractivity contribution in [3.8, 4) is 23.6 Å². The van der Waals surface area contributed by atoms with Crippen LogP contribution in [-0.4, -0.2) is 131 Å². The Morgan fingerprint density at radius 1 is 0.637 bits per heavy atom. The van der Waals surface area contributed by atoms with Crippen LogP contribution in [0, 0.1) is 40.5 Å². The standard InChI is InChI=1S/C55H70F6N16O3/c1-29-19-32(4)75(71-29)50-66-40(23-44(67-50)63-37-13-18-55(60,61)26-37)34(6)80-48-21-31(3)73-77(48)47-24-41(65-49(69-47)64-36-11-16-54(58,59)17-12-36)38-22-39(38)42-28-79-43(52(7,8)78)27-74(42)46-25-45(62-35-9-14-53(56,57)15-10-35)68-51(70-46)76-33(5)20-30(2)72-76/h19-21,23-25,34-39,42-43,78H,9-18,22,26-28H2,1-8H3,(H,62,68,70)(H,63,66,67)(H,64,65,69). The summed E-state index contributed by atoms with van der Waals surface area (Å²) in [6.07, 6.45) is -1.02. The van der Waals surface area contributed by atoms with Crippen molar-refractivity contribution in [1.82, 2.24) is 59.2 Å². The minimum Gasteiger partial charge on any atom is -0.468 e. The smallest absolute Gasteiger partial charge is 0.254 e. The van der Waals surface area contributed by atoms with E-state index in [1.807, 2.05) is 65.8 Å². The molecule has 6 aromatic heterocycles. The van der Waals surface area contributed by atoms with Crippen molar-refractivity contribution in [2.45, 2.75) is 198 Å². The zero-order valence-corrected chi connectivity index (χ0v) is 46.3. The SMILES string of the molecule is Cc1cc(C)n(-c2nc(NC3CCC(F)(F)C3)cc(C(C)Oc3cc(C)nn3-c3cc(C4CC4C4COC(C(C)(C)O)CN4c4cc(NC5CCC(F)(F)CC5)nc(-n5nc(C)cc5C)n4)nc(NC4CCC(F)(F)CC4)n3)n2)n1. The highest BCUT2D eigenvalue weighted by molar-refractivity contribution is 5.54. The number of anilines is 4. The van der Waals surface area contributed by atoms with Crippen LogP contribution in [0.5, 0.6) is 5.88 Å². The second-order valence-electron chi connectivity index (χ2n) is 23.5. The fourth-order valence-corrected chi connectivity index (χ4v) is 11.8. The van der Waals surface area contributed by atoms with E-state index in [0.29, 0.717) is 58.6 Å². The average Bonchev–Trinajstić information content (AvgIpc) is 3.65. The van der Waals surface area contributed by atoms with Crippen molar-refractivity contribution in [3.05, 3.63) is 76.3 Å². The third kappa shape index (κ3) is 12.3. The quantitative estimate of drug-likeness (QED) is 0.0665. The minimum atomic E-state index is -2.78. The van der Waals surface area contributed by atoms with E-state index < -0.39 is 41.6 Å². The molecule has 0 radical (unpaired) electrons. The van der Waals surface area contributed by atoms with Crippen molar-refractivity contribution < 1.29 is 40.9 Å². The molecule has 80 heavy (non-hydrogen) atoms. The van der Waals surface area contributed by atoms with Crippen LogP contribution in [0.4, 0.5) is 49.7 Å². The predicted molar refractivity (Wildman–Crippen MR) is 286 cm³/mol. The molecule has 0 bridgehead atoms. The third-order valence-electron chi connectivity index (χ3n) is 16.2. The Hall–Kier alpha value is -6.63. The largest absolute Gasteiger partial charge is 0.468 e. The van der Waals surface area contributed by atoms with Crippen LogP contribution in [0.3, 0.4) is 0 Å². The Labute approximate surface area is 460 Å². The monoisotopic (exact) mass is 1120 g/mol. The highest BCUT2D eigenvalue weighted by Gasteiger charge is 2.51. The summed E-state index contributed by atoms with van der Waals surface area (Å²) < 4.78 is 104. The van der Waals surface area contributed by atoms with E-state index >= 15 is 0 Å². The Balaban J connectivity index is 0.924. The number of hydrogen-bond donors (Lipinski definition) is 4. The first-order valence-corrected chi connectivity index (χ1v) is 27.8. The molecule has 25 heteroatoms. The zero-order valence-electron chi connectivity index (χ0n) is 46.3. The van der Waals surface area contributed by atoms with Gasteiger partial charge in [-0.15, -0.1) is 0 Å². The third-order valence-corrected chi connectivity index (χ3v) is 16.2. The molecule has 4 N–H and O–H groups in total. The Morgan fingerprint density at radius 3 is 1.77 bits per heavy atom. The molecule has 6 unspecified atom stereocenters. The van der Waals surface area contributed by atoms with Gasteiger partial charge in [-0.1, -0.05) is 0 Å². The Kier molecular flexibility index (Phi) is 14.5. The number of alkyl halides is 6. The number of halogens is 6. The van der Waals surface area contributed by atoms with Crippen molar-refractivity contribution in [3.63, 3.8) is 0 Å². The normalized spacial score (nSPS) is 24.4. The summed E-state index contributed by atoms with van der Waals surface area (Å²) >= 11 is 0. The number of aliphatic hydroxyl groups is 1. The van der Waals surface area contributed by atoms with E-state index in [9.17, 15) is 31.4 Å². The van der Waals surface area contributed by atoms with Gasteiger partial charge >= 0.3 is 0 Å². The summed E-state index contributed by atoms with van der Waals surface area (Å²) in [7, 11) is 0. The van der Waals surface area contributed by atoms with Crippen molar-refractivity contribution >= 4 is 23.4 Å². The van der Waals surface area contributed by atoms with Gasteiger partial charge in [-0.2, -0.15) is 39.9 Å². The maximum Gasteiger partial charge on any atom is 0.254 e. The molecule has 11 rings (SSSR count). The molecule has 5 fully saturated rings. The first kappa shape index (κ1) is 55.3. The maximum absolute atomic E-state index is 14.5. The number of aryl methyl sites for hydroxylation is 5. The maximum atomic E-state index is 14.5. The van der Waals surface area contributed by atoms with Gasteiger partial charge in [0, 0.05) is 105 Å². The number of aromatic nitrogens is 12. The summed E-state index contributed by atoms with van der Waals surface area (Å²) in [5.74, 6) is -5.70. The molecule has 0 amide bonds. The van der Waals surface area contributed by atoms with Crippen LogP contribution < -0.4 is 25.6 Å². The molecule has 4 saturated carbocycles. The number of nitrogens with zero attached hydrogens (tertiary/aromatic N) is 13. The fourth-order valence-electron chi connectivity index (χ4n) is 11.8. The lowest BCUT2D eigenvalue weighted by Crippen LogP contribution is -2.57. The molecule has 6 atom stereocenters. The van der Waals surface area contributed by atoms with Gasteiger partial charge in [-0.3, -0.25) is 0 Å².